The predicted octanol–water partition coefficient (Wildman–Crippen LogP) is 2.38. The molecule has 0 aliphatic heterocycles. The lowest BCUT2D eigenvalue weighted by molar-refractivity contribution is 0.0949. The summed E-state index contributed by atoms with van der Waals surface area (Å²) in [5.74, 6) is -0.176. The van der Waals surface area contributed by atoms with E-state index in [1.807, 2.05) is 0 Å². The van der Waals surface area contributed by atoms with Gasteiger partial charge in [0, 0.05) is 18.8 Å². The molecule has 0 unspecified atom stereocenters. The molecule has 0 heterocycles. The van der Waals surface area contributed by atoms with Crippen molar-refractivity contribution in [2.45, 2.75) is 20.3 Å². The van der Waals surface area contributed by atoms with Crippen LogP contribution in [0.4, 0.5) is 5.69 Å². The second-order valence-corrected chi connectivity index (χ2v) is 4.84. The number of hydrogen-bond donors (Lipinski definition) is 2. The standard InChI is InChI=1S/C14H22ClN3O/c1-3-8-18(4-2)9-7-17-14(19)12-10-11(16)5-6-13(12)15/h5-6,10H,3-4,7-9,16H2,1-2H3,(H,17,19). The highest BCUT2D eigenvalue weighted by atomic mass is 35.5. The van der Waals surface area contributed by atoms with E-state index in [1.54, 1.807) is 18.2 Å². The molecule has 0 saturated heterocycles. The summed E-state index contributed by atoms with van der Waals surface area (Å²) in [7, 11) is 0. The molecule has 0 aromatic heterocycles. The van der Waals surface area contributed by atoms with E-state index in [2.05, 4.69) is 24.1 Å². The number of anilines is 1. The summed E-state index contributed by atoms with van der Waals surface area (Å²) >= 11 is 5.98. The Morgan fingerprint density at radius 2 is 2.11 bits per heavy atom. The van der Waals surface area contributed by atoms with E-state index in [9.17, 15) is 4.79 Å². The molecule has 0 radical (unpaired) electrons. The number of nitrogens with one attached hydrogen (secondary N) is 1. The van der Waals surface area contributed by atoms with Crippen molar-refractivity contribution in [3.05, 3.63) is 28.8 Å². The maximum absolute atomic E-state index is 12.0. The molecule has 1 amide bonds. The lowest BCUT2D eigenvalue weighted by Crippen LogP contribution is -2.35. The summed E-state index contributed by atoms with van der Waals surface area (Å²) in [5, 5.41) is 3.29. The zero-order chi connectivity index (χ0) is 14.3. The number of nitrogen functional groups attached to an aromatic ring is 1. The van der Waals surface area contributed by atoms with Gasteiger partial charge in [0.05, 0.1) is 10.6 Å². The van der Waals surface area contributed by atoms with Crippen LogP contribution >= 0.6 is 11.6 Å². The van der Waals surface area contributed by atoms with Gasteiger partial charge in [0.2, 0.25) is 0 Å². The Morgan fingerprint density at radius 1 is 1.37 bits per heavy atom. The van der Waals surface area contributed by atoms with Crippen LogP contribution < -0.4 is 11.1 Å². The molecule has 106 valence electrons. The third-order valence-electron chi connectivity index (χ3n) is 2.94. The topological polar surface area (TPSA) is 58.4 Å². The van der Waals surface area contributed by atoms with E-state index >= 15 is 0 Å². The first kappa shape index (κ1) is 15.8. The van der Waals surface area contributed by atoms with Crippen molar-refractivity contribution < 1.29 is 4.79 Å². The predicted molar refractivity (Wildman–Crippen MR) is 80.6 cm³/mol. The third-order valence-corrected chi connectivity index (χ3v) is 3.27. The van der Waals surface area contributed by atoms with Crippen LogP contribution in [0.15, 0.2) is 18.2 Å². The number of carbonyl (C=O) groups excluding carboxylic acids is 1. The molecular formula is C14H22ClN3O. The summed E-state index contributed by atoms with van der Waals surface area (Å²) in [6, 6.07) is 4.92. The lowest BCUT2D eigenvalue weighted by atomic mass is 10.2. The van der Waals surface area contributed by atoms with Gasteiger partial charge in [-0.3, -0.25) is 4.79 Å². The minimum atomic E-state index is -0.176. The Hall–Kier alpha value is -1.26. The van der Waals surface area contributed by atoms with Gasteiger partial charge in [-0.15, -0.1) is 0 Å². The Bertz CT molecular complexity index is 423. The highest BCUT2D eigenvalue weighted by Gasteiger charge is 2.10. The molecule has 1 aromatic carbocycles. The number of carbonyl (C=O) groups is 1. The first-order valence-electron chi connectivity index (χ1n) is 6.64. The van der Waals surface area contributed by atoms with E-state index in [1.165, 1.54) is 0 Å². The molecule has 0 saturated carbocycles. The van der Waals surface area contributed by atoms with Gasteiger partial charge in [-0.25, -0.2) is 0 Å². The molecule has 0 fully saturated rings. The van der Waals surface area contributed by atoms with Crippen molar-refractivity contribution in [3.63, 3.8) is 0 Å². The van der Waals surface area contributed by atoms with Crippen molar-refractivity contribution in [1.82, 2.24) is 10.2 Å². The molecule has 1 aromatic rings. The quantitative estimate of drug-likeness (QED) is 0.756. The van der Waals surface area contributed by atoms with Crippen LogP contribution in [-0.2, 0) is 0 Å². The summed E-state index contributed by atoms with van der Waals surface area (Å²) in [4.78, 5) is 14.3. The van der Waals surface area contributed by atoms with Gasteiger partial charge in [0.25, 0.3) is 5.91 Å². The van der Waals surface area contributed by atoms with Crippen LogP contribution in [0.25, 0.3) is 0 Å². The Morgan fingerprint density at radius 3 is 2.74 bits per heavy atom. The summed E-state index contributed by atoms with van der Waals surface area (Å²) < 4.78 is 0. The van der Waals surface area contributed by atoms with Crippen molar-refractivity contribution in [2.75, 3.05) is 31.9 Å². The molecular weight excluding hydrogens is 262 g/mol. The number of hydrogen-bond acceptors (Lipinski definition) is 3. The normalized spacial score (nSPS) is 10.7. The van der Waals surface area contributed by atoms with Gasteiger partial charge in [0.15, 0.2) is 0 Å². The fourth-order valence-electron chi connectivity index (χ4n) is 1.88. The number of nitrogens with zero attached hydrogens (tertiary/aromatic N) is 1. The first-order valence-corrected chi connectivity index (χ1v) is 7.01. The van der Waals surface area contributed by atoms with Gasteiger partial charge >= 0.3 is 0 Å². The molecule has 19 heavy (non-hydrogen) atoms. The molecule has 0 atom stereocenters. The molecule has 1 rings (SSSR count). The number of rotatable bonds is 7. The number of likely N-dealkylation sites (N-methyl/N-ethyl adjacent to an activating group) is 1. The van der Waals surface area contributed by atoms with E-state index in [0.717, 1.165) is 26.1 Å². The second-order valence-electron chi connectivity index (χ2n) is 4.43. The van der Waals surface area contributed by atoms with Crippen molar-refractivity contribution in [1.29, 1.82) is 0 Å². The Labute approximate surface area is 119 Å². The van der Waals surface area contributed by atoms with Crippen LogP contribution in [0.2, 0.25) is 5.02 Å². The summed E-state index contributed by atoms with van der Waals surface area (Å²) in [6.07, 6.45) is 1.11. The molecule has 4 nitrogen and oxygen atoms in total. The highest BCUT2D eigenvalue weighted by Crippen LogP contribution is 2.18. The monoisotopic (exact) mass is 283 g/mol. The average Bonchev–Trinajstić information content (AvgIpc) is 2.40. The SMILES string of the molecule is CCCN(CC)CCNC(=O)c1cc(N)ccc1Cl. The maximum atomic E-state index is 12.0. The molecule has 0 spiro atoms. The maximum Gasteiger partial charge on any atom is 0.252 e. The molecule has 0 bridgehead atoms. The molecule has 5 heteroatoms. The van der Waals surface area contributed by atoms with Crippen LogP contribution in [0.5, 0.6) is 0 Å². The summed E-state index contributed by atoms with van der Waals surface area (Å²) in [6.45, 7) is 7.75. The van der Waals surface area contributed by atoms with Gasteiger partial charge in [0.1, 0.15) is 0 Å². The fourth-order valence-corrected chi connectivity index (χ4v) is 2.09. The van der Waals surface area contributed by atoms with Gasteiger partial charge < -0.3 is 16.0 Å². The van der Waals surface area contributed by atoms with Crippen molar-refractivity contribution in [3.8, 4) is 0 Å². The zero-order valence-electron chi connectivity index (χ0n) is 11.6. The van der Waals surface area contributed by atoms with E-state index < -0.39 is 0 Å². The van der Waals surface area contributed by atoms with Gasteiger partial charge in [-0.1, -0.05) is 25.4 Å². The van der Waals surface area contributed by atoms with Crippen LogP contribution in [0.3, 0.4) is 0 Å². The third kappa shape index (κ3) is 5.09. The van der Waals surface area contributed by atoms with Gasteiger partial charge in [-0.2, -0.15) is 0 Å². The smallest absolute Gasteiger partial charge is 0.252 e. The number of halogens is 1. The summed E-state index contributed by atoms with van der Waals surface area (Å²) in [5.41, 5.74) is 6.62. The number of benzene rings is 1. The second kappa shape index (κ2) is 8.02. The largest absolute Gasteiger partial charge is 0.399 e. The number of nitrogens with two attached hydrogens (primary N) is 1. The minimum Gasteiger partial charge on any atom is -0.399 e. The van der Waals surface area contributed by atoms with Crippen LogP contribution in [0.1, 0.15) is 30.6 Å². The molecule has 3 N–H and O–H groups in total. The number of amides is 1. The highest BCUT2D eigenvalue weighted by molar-refractivity contribution is 6.34. The fraction of sp³-hybridized carbons (Fsp3) is 0.500. The van der Waals surface area contributed by atoms with Crippen molar-refractivity contribution >= 4 is 23.2 Å². The van der Waals surface area contributed by atoms with E-state index in [4.69, 9.17) is 17.3 Å². The molecule has 0 aliphatic carbocycles. The average molecular weight is 284 g/mol. The Kier molecular flexibility index (Phi) is 6.67. The van der Waals surface area contributed by atoms with E-state index in [-0.39, 0.29) is 5.91 Å². The van der Waals surface area contributed by atoms with Crippen LogP contribution in [0, 0.1) is 0 Å². The zero-order valence-corrected chi connectivity index (χ0v) is 12.3. The lowest BCUT2D eigenvalue weighted by Gasteiger charge is -2.19. The Balaban J connectivity index is 2.49. The van der Waals surface area contributed by atoms with E-state index in [0.29, 0.717) is 22.8 Å². The molecule has 0 aliphatic rings. The first-order chi connectivity index (χ1) is 9.08. The van der Waals surface area contributed by atoms with Crippen molar-refractivity contribution in [2.24, 2.45) is 0 Å². The van der Waals surface area contributed by atoms with Gasteiger partial charge in [-0.05, 0) is 37.7 Å². The van der Waals surface area contributed by atoms with Crippen LogP contribution in [-0.4, -0.2) is 37.0 Å². The minimum absolute atomic E-state index is 0.176.